The molecular formula is C13H16N2OS2. The fourth-order valence-electron chi connectivity index (χ4n) is 1.75. The molecule has 0 aromatic carbocycles. The van der Waals surface area contributed by atoms with Crippen molar-refractivity contribution in [2.24, 2.45) is 5.92 Å². The van der Waals surface area contributed by atoms with Gasteiger partial charge in [-0.3, -0.25) is 4.79 Å². The monoisotopic (exact) mass is 280 g/mol. The predicted octanol–water partition coefficient (Wildman–Crippen LogP) is 3.52. The van der Waals surface area contributed by atoms with Crippen molar-refractivity contribution >= 4 is 34.3 Å². The molecule has 5 heteroatoms. The Kier molecular flexibility index (Phi) is 4.04. The van der Waals surface area contributed by atoms with E-state index >= 15 is 0 Å². The molecule has 3 nitrogen and oxygen atoms in total. The van der Waals surface area contributed by atoms with Crippen LogP contribution in [-0.2, 0) is 0 Å². The Labute approximate surface area is 115 Å². The molecule has 2 aromatic rings. The van der Waals surface area contributed by atoms with Gasteiger partial charge >= 0.3 is 0 Å². The molecule has 18 heavy (non-hydrogen) atoms. The van der Waals surface area contributed by atoms with Gasteiger partial charge in [-0.25, -0.2) is 0 Å². The summed E-state index contributed by atoms with van der Waals surface area (Å²) in [5.41, 5.74) is 6.31. The lowest BCUT2D eigenvalue weighted by atomic mass is 10.0. The predicted molar refractivity (Wildman–Crippen MR) is 78.1 cm³/mol. The molecule has 0 aliphatic heterocycles. The Balaban J connectivity index is 2.16. The fourth-order valence-corrected chi connectivity index (χ4v) is 3.41. The molecule has 1 unspecified atom stereocenters. The molecule has 0 spiro atoms. The molecule has 0 aliphatic rings. The smallest absolute Gasteiger partial charge is 0.263 e. The first kappa shape index (κ1) is 13.1. The van der Waals surface area contributed by atoms with Crippen molar-refractivity contribution in [3.8, 4) is 0 Å². The van der Waals surface area contributed by atoms with Crippen molar-refractivity contribution in [3.05, 3.63) is 38.7 Å². The first-order valence-corrected chi connectivity index (χ1v) is 7.52. The molecule has 96 valence electrons. The van der Waals surface area contributed by atoms with Gasteiger partial charge in [-0.1, -0.05) is 19.9 Å². The Hall–Kier alpha value is -1.33. The third kappa shape index (κ3) is 2.73. The van der Waals surface area contributed by atoms with Gasteiger partial charge in [0.1, 0.15) is 4.88 Å². The summed E-state index contributed by atoms with van der Waals surface area (Å²) in [7, 11) is 0. The Bertz CT molecular complexity index is 517. The van der Waals surface area contributed by atoms with Crippen LogP contribution in [0, 0.1) is 5.92 Å². The molecule has 0 bridgehead atoms. The quantitative estimate of drug-likeness (QED) is 0.900. The van der Waals surface area contributed by atoms with Gasteiger partial charge in [0.05, 0.1) is 11.7 Å². The van der Waals surface area contributed by atoms with E-state index in [1.54, 1.807) is 17.4 Å². The standard InChI is InChI=1S/C13H16N2OS2/c1-8(2)11(10-4-3-6-17-10)15-13(16)12-9(14)5-7-18-12/h3-8,11H,14H2,1-2H3,(H,15,16). The number of carbonyl (C=O) groups excluding carboxylic acids is 1. The largest absolute Gasteiger partial charge is 0.397 e. The number of nitrogen functional groups attached to an aromatic ring is 1. The number of nitrogens with two attached hydrogens (primary N) is 1. The number of hydrogen-bond acceptors (Lipinski definition) is 4. The van der Waals surface area contributed by atoms with E-state index in [0.29, 0.717) is 16.5 Å². The highest BCUT2D eigenvalue weighted by Gasteiger charge is 2.21. The van der Waals surface area contributed by atoms with Gasteiger partial charge in [0.25, 0.3) is 5.91 Å². The zero-order valence-electron chi connectivity index (χ0n) is 10.3. The third-order valence-corrected chi connectivity index (χ3v) is 4.59. The number of thiophene rings is 2. The number of amides is 1. The lowest BCUT2D eigenvalue weighted by molar-refractivity contribution is 0.0931. The van der Waals surface area contributed by atoms with E-state index in [-0.39, 0.29) is 11.9 Å². The zero-order valence-corrected chi connectivity index (χ0v) is 12.0. The second kappa shape index (κ2) is 5.54. The van der Waals surface area contributed by atoms with E-state index < -0.39 is 0 Å². The number of hydrogen-bond donors (Lipinski definition) is 2. The summed E-state index contributed by atoms with van der Waals surface area (Å²) in [6.45, 7) is 4.20. The van der Waals surface area contributed by atoms with Crippen LogP contribution in [0.4, 0.5) is 5.69 Å². The molecular weight excluding hydrogens is 264 g/mol. The van der Waals surface area contributed by atoms with Crippen molar-refractivity contribution in [2.45, 2.75) is 19.9 Å². The Morgan fingerprint density at radius 3 is 2.56 bits per heavy atom. The van der Waals surface area contributed by atoms with E-state index in [2.05, 4.69) is 19.2 Å². The van der Waals surface area contributed by atoms with Crippen LogP contribution in [0.2, 0.25) is 0 Å². The minimum atomic E-state index is -0.0883. The van der Waals surface area contributed by atoms with E-state index in [0.717, 1.165) is 0 Å². The van der Waals surface area contributed by atoms with Crippen LogP contribution in [0.15, 0.2) is 29.0 Å². The minimum absolute atomic E-state index is 0.0407. The molecule has 0 radical (unpaired) electrons. The van der Waals surface area contributed by atoms with Crippen molar-refractivity contribution < 1.29 is 4.79 Å². The van der Waals surface area contributed by atoms with E-state index in [4.69, 9.17) is 5.73 Å². The van der Waals surface area contributed by atoms with Gasteiger partial charge < -0.3 is 11.1 Å². The maximum Gasteiger partial charge on any atom is 0.263 e. The Morgan fingerprint density at radius 2 is 2.06 bits per heavy atom. The topological polar surface area (TPSA) is 55.1 Å². The van der Waals surface area contributed by atoms with Gasteiger partial charge in [0.15, 0.2) is 0 Å². The summed E-state index contributed by atoms with van der Waals surface area (Å²) in [6.07, 6.45) is 0. The molecule has 3 N–H and O–H groups in total. The molecule has 2 heterocycles. The highest BCUT2D eigenvalue weighted by atomic mass is 32.1. The minimum Gasteiger partial charge on any atom is -0.397 e. The van der Waals surface area contributed by atoms with Gasteiger partial charge in [0, 0.05) is 4.88 Å². The van der Waals surface area contributed by atoms with E-state index in [1.165, 1.54) is 16.2 Å². The summed E-state index contributed by atoms with van der Waals surface area (Å²) in [6, 6.07) is 5.85. The second-order valence-corrected chi connectivity index (χ2v) is 6.31. The van der Waals surface area contributed by atoms with Gasteiger partial charge in [-0.05, 0) is 28.8 Å². The van der Waals surface area contributed by atoms with Crippen LogP contribution in [-0.4, -0.2) is 5.91 Å². The second-order valence-electron chi connectivity index (χ2n) is 4.42. The maximum atomic E-state index is 12.2. The summed E-state index contributed by atoms with van der Waals surface area (Å²) in [4.78, 5) is 13.9. The summed E-state index contributed by atoms with van der Waals surface area (Å²) in [5.74, 6) is 0.253. The van der Waals surface area contributed by atoms with Crippen LogP contribution in [0.25, 0.3) is 0 Å². The summed E-state index contributed by atoms with van der Waals surface area (Å²) < 4.78 is 0. The molecule has 2 aromatic heterocycles. The zero-order chi connectivity index (χ0) is 13.1. The van der Waals surface area contributed by atoms with Crippen molar-refractivity contribution in [1.82, 2.24) is 5.32 Å². The summed E-state index contributed by atoms with van der Waals surface area (Å²) >= 11 is 3.04. The normalized spacial score (nSPS) is 12.6. The van der Waals surface area contributed by atoms with E-state index in [1.807, 2.05) is 22.9 Å². The average molecular weight is 280 g/mol. The fraction of sp³-hybridized carbons (Fsp3) is 0.308. The molecule has 0 saturated heterocycles. The van der Waals surface area contributed by atoms with Gasteiger partial charge in [-0.2, -0.15) is 0 Å². The molecule has 0 fully saturated rings. The van der Waals surface area contributed by atoms with Crippen LogP contribution in [0.5, 0.6) is 0 Å². The SMILES string of the molecule is CC(C)C(NC(=O)c1sccc1N)c1cccs1. The van der Waals surface area contributed by atoms with Crippen molar-refractivity contribution in [1.29, 1.82) is 0 Å². The number of anilines is 1. The Morgan fingerprint density at radius 1 is 1.28 bits per heavy atom. The van der Waals surface area contributed by atoms with Crippen LogP contribution < -0.4 is 11.1 Å². The highest BCUT2D eigenvalue weighted by Crippen LogP contribution is 2.27. The molecule has 1 amide bonds. The first-order valence-electron chi connectivity index (χ1n) is 5.77. The lowest BCUT2D eigenvalue weighted by Crippen LogP contribution is -2.31. The molecule has 1 atom stereocenters. The van der Waals surface area contributed by atoms with Crippen molar-refractivity contribution in [2.75, 3.05) is 5.73 Å². The summed E-state index contributed by atoms with van der Waals surface area (Å²) in [5, 5.41) is 6.92. The highest BCUT2D eigenvalue weighted by molar-refractivity contribution is 7.12. The van der Waals surface area contributed by atoms with Crippen LogP contribution in [0.1, 0.15) is 34.4 Å². The van der Waals surface area contributed by atoms with Crippen molar-refractivity contribution in [3.63, 3.8) is 0 Å². The molecule has 0 aliphatic carbocycles. The van der Waals surface area contributed by atoms with Crippen LogP contribution >= 0.6 is 22.7 Å². The number of nitrogens with one attached hydrogen (secondary N) is 1. The molecule has 2 rings (SSSR count). The number of rotatable bonds is 4. The third-order valence-electron chi connectivity index (χ3n) is 2.70. The number of carbonyl (C=O) groups is 1. The van der Waals surface area contributed by atoms with Gasteiger partial charge in [-0.15, -0.1) is 22.7 Å². The lowest BCUT2D eigenvalue weighted by Gasteiger charge is -2.21. The molecule has 0 saturated carbocycles. The average Bonchev–Trinajstić information content (AvgIpc) is 2.95. The first-order chi connectivity index (χ1) is 8.59. The van der Waals surface area contributed by atoms with E-state index in [9.17, 15) is 4.79 Å². The van der Waals surface area contributed by atoms with Crippen LogP contribution in [0.3, 0.4) is 0 Å². The van der Waals surface area contributed by atoms with Gasteiger partial charge in [0.2, 0.25) is 0 Å². The maximum absolute atomic E-state index is 12.2.